The number of carbonyl (C=O) groups excluding carboxylic acids is 2. The van der Waals surface area contributed by atoms with Gasteiger partial charge in [0.05, 0.1) is 13.3 Å². The maximum absolute atomic E-state index is 13.8. The number of anilines is 1. The van der Waals surface area contributed by atoms with Crippen LogP contribution in [0.5, 0.6) is 5.75 Å². The summed E-state index contributed by atoms with van der Waals surface area (Å²) in [6.07, 6.45) is 9.53. The van der Waals surface area contributed by atoms with E-state index >= 15 is 0 Å². The highest BCUT2D eigenvalue weighted by atomic mass is 35.5. The molecule has 1 aromatic heterocycles. The topological polar surface area (TPSA) is 84.4 Å². The maximum atomic E-state index is 13.8. The lowest BCUT2D eigenvalue weighted by atomic mass is 9.94. The van der Waals surface area contributed by atoms with E-state index in [1.807, 2.05) is 0 Å². The van der Waals surface area contributed by atoms with Crippen LogP contribution in [0.3, 0.4) is 0 Å². The molecular formula is C26H27ClN4O3. The maximum Gasteiger partial charge on any atom is 0.279 e. The molecule has 0 bridgehead atoms. The smallest absolute Gasteiger partial charge is 0.279 e. The van der Waals surface area contributed by atoms with Crippen LogP contribution in [-0.4, -0.2) is 34.9 Å². The van der Waals surface area contributed by atoms with Crippen LogP contribution in [0.1, 0.15) is 54.2 Å². The van der Waals surface area contributed by atoms with Gasteiger partial charge in [0.25, 0.3) is 5.91 Å². The minimum absolute atomic E-state index is 0.0785. The second kappa shape index (κ2) is 11.1. The number of rotatable bonds is 7. The molecule has 0 spiro atoms. The fourth-order valence-electron chi connectivity index (χ4n) is 4.27. The first-order valence-corrected chi connectivity index (χ1v) is 11.7. The standard InChI is InChI=1S/C26H27ClN4O3/c1-34-22-9-5-8-21(16-22)31(26(33)23-17-28-14-15-29-23)24(18-10-12-19(27)13-11-18)25(32)30-20-6-3-2-4-7-20/h5,8-17,20,24H,2-4,6-7H2,1H3,(H,30,32)/t24-/m0/s1. The summed E-state index contributed by atoms with van der Waals surface area (Å²) in [5.74, 6) is -0.133. The van der Waals surface area contributed by atoms with Crippen LogP contribution < -0.4 is 15.0 Å². The van der Waals surface area contributed by atoms with E-state index in [0.717, 1.165) is 25.7 Å². The Morgan fingerprint density at radius 3 is 2.53 bits per heavy atom. The number of benzene rings is 2. The fourth-order valence-corrected chi connectivity index (χ4v) is 4.39. The van der Waals surface area contributed by atoms with Gasteiger partial charge in [0.2, 0.25) is 5.91 Å². The van der Waals surface area contributed by atoms with Gasteiger partial charge in [-0.3, -0.25) is 19.5 Å². The summed E-state index contributed by atoms with van der Waals surface area (Å²) in [6.45, 7) is 0. The lowest BCUT2D eigenvalue weighted by molar-refractivity contribution is -0.123. The molecule has 0 saturated heterocycles. The van der Waals surface area contributed by atoms with Crippen LogP contribution in [0, 0.1) is 0 Å². The highest BCUT2D eigenvalue weighted by Gasteiger charge is 2.35. The van der Waals surface area contributed by atoms with Crippen molar-refractivity contribution in [3.63, 3.8) is 0 Å². The zero-order chi connectivity index (χ0) is 23.9. The normalized spacial score (nSPS) is 14.8. The Hall–Kier alpha value is -3.45. The van der Waals surface area contributed by atoms with Gasteiger partial charge >= 0.3 is 0 Å². The van der Waals surface area contributed by atoms with Crippen LogP contribution in [0.4, 0.5) is 5.69 Å². The predicted octanol–water partition coefficient (Wildman–Crippen LogP) is 4.98. The Balaban J connectivity index is 1.81. The van der Waals surface area contributed by atoms with E-state index in [2.05, 4.69) is 15.3 Å². The van der Waals surface area contributed by atoms with Gasteiger partial charge in [0.15, 0.2) is 0 Å². The number of hydrogen-bond donors (Lipinski definition) is 1. The van der Waals surface area contributed by atoms with Gasteiger partial charge in [-0.05, 0) is 42.7 Å². The Morgan fingerprint density at radius 2 is 1.85 bits per heavy atom. The zero-order valence-electron chi connectivity index (χ0n) is 19.0. The highest BCUT2D eigenvalue weighted by molar-refractivity contribution is 6.30. The summed E-state index contributed by atoms with van der Waals surface area (Å²) in [5.41, 5.74) is 1.28. The molecule has 8 heteroatoms. The molecule has 3 aromatic rings. The number of halogens is 1. The Kier molecular flexibility index (Phi) is 7.75. The quantitative estimate of drug-likeness (QED) is 0.518. The molecule has 176 valence electrons. The number of carbonyl (C=O) groups is 2. The molecular weight excluding hydrogens is 452 g/mol. The molecule has 1 fully saturated rings. The molecule has 1 heterocycles. The Morgan fingerprint density at radius 1 is 1.09 bits per heavy atom. The number of hydrogen-bond acceptors (Lipinski definition) is 5. The van der Waals surface area contributed by atoms with E-state index in [-0.39, 0.29) is 17.6 Å². The summed E-state index contributed by atoms with van der Waals surface area (Å²) in [6, 6.07) is 13.2. The third-order valence-corrected chi connectivity index (χ3v) is 6.23. The molecule has 1 N–H and O–H groups in total. The third-order valence-electron chi connectivity index (χ3n) is 5.98. The fraction of sp³-hybridized carbons (Fsp3) is 0.308. The predicted molar refractivity (Wildman–Crippen MR) is 131 cm³/mol. The molecule has 0 unspecified atom stereocenters. The zero-order valence-corrected chi connectivity index (χ0v) is 19.7. The van der Waals surface area contributed by atoms with Crippen LogP contribution in [0.15, 0.2) is 67.1 Å². The van der Waals surface area contributed by atoms with Crippen molar-refractivity contribution in [2.75, 3.05) is 12.0 Å². The number of nitrogens with one attached hydrogen (secondary N) is 1. The summed E-state index contributed by atoms with van der Waals surface area (Å²) in [5, 5.41) is 3.73. The molecule has 1 aliphatic rings. The number of aromatic nitrogens is 2. The number of amides is 2. The number of methoxy groups -OCH3 is 1. The Bertz CT molecular complexity index is 1120. The molecule has 34 heavy (non-hydrogen) atoms. The van der Waals surface area contributed by atoms with Crippen molar-refractivity contribution in [3.05, 3.63) is 83.4 Å². The average Bonchev–Trinajstić information content (AvgIpc) is 2.88. The van der Waals surface area contributed by atoms with E-state index in [1.54, 1.807) is 55.6 Å². The third kappa shape index (κ3) is 5.54. The van der Waals surface area contributed by atoms with E-state index in [0.29, 0.717) is 22.0 Å². The van der Waals surface area contributed by atoms with Crippen LogP contribution in [0.2, 0.25) is 5.02 Å². The molecule has 1 atom stereocenters. The minimum atomic E-state index is -0.944. The van der Waals surface area contributed by atoms with Crippen molar-refractivity contribution in [2.24, 2.45) is 0 Å². The second-order valence-electron chi connectivity index (χ2n) is 8.26. The summed E-state index contributed by atoms with van der Waals surface area (Å²) in [4.78, 5) is 37.3. The van der Waals surface area contributed by atoms with Gasteiger partial charge in [-0.2, -0.15) is 0 Å². The molecule has 0 aliphatic heterocycles. The molecule has 0 radical (unpaired) electrons. The number of nitrogens with zero attached hydrogens (tertiary/aromatic N) is 3. The van der Waals surface area contributed by atoms with Gasteiger partial charge < -0.3 is 10.1 Å². The number of ether oxygens (including phenoxy) is 1. The summed E-state index contributed by atoms with van der Waals surface area (Å²) in [7, 11) is 1.56. The van der Waals surface area contributed by atoms with E-state index in [1.165, 1.54) is 29.9 Å². The van der Waals surface area contributed by atoms with Crippen molar-refractivity contribution in [1.29, 1.82) is 0 Å². The first-order chi connectivity index (χ1) is 16.6. The molecule has 1 saturated carbocycles. The van der Waals surface area contributed by atoms with Gasteiger partial charge in [-0.15, -0.1) is 0 Å². The van der Waals surface area contributed by atoms with Gasteiger partial charge in [-0.1, -0.05) is 49.1 Å². The van der Waals surface area contributed by atoms with Crippen LogP contribution >= 0.6 is 11.6 Å². The van der Waals surface area contributed by atoms with Crippen molar-refractivity contribution in [2.45, 2.75) is 44.2 Å². The summed E-state index contributed by atoms with van der Waals surface area (Å²) < 4.78 is 5.39. The molecule has 2 amide bonds. The molecule has 4 rings (SSSR count). The SMILES string of the molecule is COc1cccc(N(C(=O)c2cnccn2)[C@H](C(=O)NC2CCCCC2)c2ccc(Cl)cc2)c1. The molecule has 2 aromatic carbocycles. The lowest BCUT2D eigenvalue weighted by Crippen LogP contribution is -2.47. The van der Waals surface area contributed by atoms with Gasteiger partial charge in [-0.25, -0.2) is 4.98 Å². The van der Waals surface area contributed by atoms with Crippen LogP contribution in [0.25, 0.3) is 0 Å². The van der Waals surface area contributed by atoms with E-state index in [9.17, 15) is 9.59 Å². The van der Waals surface area contributed by atoms with Crippen molar-refractivity contribution < 1.29 is 14.3 Å². The first kappa shape index (κ1) is 23.7. The van der Waals surface area contributed by atoms with E-state index < -0.39 is 11.9 Å². The second-order valence-corrected chi connectivity index (χ2v) is 8.70. The monoisotopic (exact) mass is 478 g/mol. The van der Waals surface area contributed by atoms with Crippen molar-refractivity contribution in [1.82, 2.24) is 15.3 Å². The van der Waals surface area contributed by atoms with Crippen molar-refractivity contribution >= 4 is 29.1 Å². The average molecular weight is 479 g/mol. The Labute approximate surface area is 204 Å². The van der Waals surface area contributed by atoms with Gasteiger partial charge in [0.1, 0.15) is 17.5 Å². The van der Waals surface area contributed by atoms with E-state index in [4.69, 9.17) is 16.3 Å². The molecule has 1 aliphatic carbocycles. The minimum Gasteiger partial charge on any atom is -0.497 e. The largest absolute Gasteiger partial charge is 0.497 e. The lowest BCUT2D eigenvalue weighted by Gasteiger charge is -2.33. The molecule has 7 nitrogen and oxygen atoms in total. The summed E-state index contributed by atoms with van der Waals surface area (Å²) >= 11 is 6.13. The van der Waals surface area contributed by atoms with Gasteiger partial charge in [0, 0.05) is 35.2 Å². The highest BCUT2D eigenvalue weighted by Crippen LogP contribution is 2.32. The van der Waals surface area contributed by atoms with Crippen LogP contribution in [-0.2, 0) is 4.79 Å². The van der Waals surface area contributed by atoms with Crippen molar-refractivity contribution in [3.8, 4) is 5.75 Å². The first-order valence-electron chi connectivity index (χ1n) is 11.4.